The van der Waals surface area contributed by atoms with Gasteiger partial charge in [-0.2, -0.15) is 0 Å². The van der Waals surface area contributed by atoms with E-state index in [0.29, 0.717) is 0 Å². The number of thiazole rings is 2. The molecule has 1 N–H and O–H groups in total. The van der Waals surface area contributed by atoms with Crippen LogP contribution >= 0.6 is 70.5 Å². The summed E-state index contributed by atoms with van der Waals surface area (Å²) in [6.45, 7) is 23.6. The predicted molar refractivity (Wildman–Crippen MR) is 401 cm³/mol. The van der Waals surface area contributed by atoms with Crippen LogP contribution in [0.1, 0.15) is 92.9 Å². The van der Waals surface area contributed by atoms with Crippen molar-refractivity contribution in [3.63, 3.8) is 0 Å². The zero-order chi connectivity index (χ0) is 68.4. The number of hydrogen-bond acceptors (Lipinski definition) is 9. The van der Waals surface area contributed by atoms with Crippen LogP contribution < -0.4 is 9.47 Å². The molecule has 0 atom stereocenters. The molecule has 94 heavy (non-hydrogen) atoms. The maximum Gasteiger partial charge on any atom is 0.188 e. The molecule has 0 aliphatic carbocycles. The van der Waals surface area contributed by atoms with Gasteiger partial charge in [-0.3, -0.25) is 0 Å². The van der Waals surface area contributed by atoms with Gasteiger partial charge < -0.3 is 24.1 Å². The minimum Gasteiger partial charge on any atom is -0.507 e. The van der Waals surface area contributed by atoms with Crippen LogP contribution in [0, 0.1) is 130 Å². The highest BCUT2D eigenvalue weighted by atomic mass is 79.9. The van der Waals surface area contributed by atoms with Gasteiger partial charge in [0.05, 0.1) is 15.6 Å². The molecular weight excluding hydrogens is 1400 g/mol. The average molecular weight is 1460 g/mol. The van der Waals surface area contributed by atoms with Gasteiger partial charge in [-0.15, -0.1) is 22.7 Å². The van der Waals surface area contributed by atoms with Crippen LogP contribution in [-0.2, 0) is 25.7 Å². The number of rotatable bonds is 11. The molecule has 0 saturated heterocycles. The van der Waals surface area contributed by atoms with Gasteiger partial charge in [0.2, 0.25) is 0 Å². The second-order valence-corrected chi connectivity index (χ2v) is 26.8. The lowest BCUT2D eigenvalue weighted by atomic mass is 9.83. The van der Waals surface area contributed by atoms with Crippen LogP contribution in [0.15, 0.2) is 152 Å². The number of benzene rings is 6. The fourth-order valence-corrected chi connectivity index (χ4v) is 11.1. The van der Waals surface area contributed by atoms with Crippen molar-refractivity contribution in [2.24, 2.45) is 0 Å². The summed E-state index contributed by atoms with van der Waals surface area (Å²) in [5.41, 5.74) is 11.7. The Balaban J connectivity index is 0.000000228. The van der Waals surface area contributed by atoms with Crippen molar-refractivity contribution in [1.82, 2.24) is 9.97 Å². The lowest BCUT2D eigenvalue weighted by molar-refractivity contribution is 0.0509. The Morgan fingerprint density at radius 2 is 0.670 bits per heavy atom. The number of hydrogen-bond donors (Lipinski definition) is 1. The van der Waals surface area contributed by atoms with Crippen LogP contribution in [0.25, 0.3) is 54.5 Å². The van der Waals surface area contributed by atoms with Crippen molar-refractivity contribution in [2.45, 2.75) is 92.4 Å². The molecule has 2 aromatic heterocycles. The van der Waals surface area contributed by atoms with Crippen LogP contribution in [-0.4, -0.2) is 42.9 Å². The first kappa shape index (κ1) is 75.2. The molecule has 0 amide bonds. The minimum absolute atomic E-state index is 0.00651. The highest BCUT2D eigenvalue weighted by Crippen LogP contribution is 2.46. The second-order valence-electron chi connectivity index (χ2n) is 22.6. The summed E-state index contributed by atoms with van der Waals surface area (Å²) in [7, 11) is 3.25. The molecule has 0 bridgehead atoms. The Kier molecular flexibility index (Phi) is 31.3. The van der Waals surface area contributed by atoms with E-state index in [4.69, 9.17) is 18.9 Å². The van der Waals surface area contributed by atoms with Crippen molar-refractivity contribution in [1.29, 1.82) is 0 Å². The van der Waals surface area contributed by atoms with Gasteiger partial charge in [0.15, 0.2) is 13.6 Å². The fraction of sp³-hybridized carbons (Fsp3) is 0.220. The largest absolute Gasteiger partial charge is 0.507 e. The van der Waals surface area contributed by atoms with Crippen molar-refractivity contribution in [3.8, 4) is 202 Å². The Bertz CT molecular complexity index is 4570. The molecule has 0 fully saturated rings. The number of aromatic hydroxyl groups is 1. The van der Waals surface area contributed by atoms with Gasteiger partial charge in [0.25, 0.3) is 0 Å². The molecule has 0 aliphatic rings. The third kappa shape index (κ3) is 25.2. The van der Waals surface area contributed by atoms with Gasteiger partial charge in [-0.25, -0.2) is 9.97 Å². The molecule has 6 aromatic carbocycles. The summed E-state index contributed by atoms with van der Waals surface area (Å²) in [5.74, 6) is 57.5. The predicted octanol–water partition coefficient (Wildman–Crippen LogP) is 19.2. The van der Waals surface area contributed by atoms with Crippen LogP contribution in [0.3, 0.4) is 0 Å². The molecule has 0 unspecified atom stereocenters. The zero-order valence-electron chi connectivity index (χ0n) is 54.6. The first-order valence-corrected chi connectivity index (χ1v) is 33.1. The standard InChI is InChI=1S/C24H6.C21H22BrNO2S.C19H18BrNOS.C18H21BrO2/c1-3-5-7-9-11-13-15-17-19-21-23-24-22-20-18-16-14-12-10-8-6-4-2;1-21(2,3)15-10-16(14-8-6-5-7-9-14)19(25-13-24-4)17(11-15)20-23-18(22)12-26-20;1-19(2,3)13-9-14(12-7-5-4-6-8-12)17(22)15(10-13)18-21-16(20)11-23-18;1-18(2,3)14-10-15(13-8-6-5-7-9-13)17(16(19)11-14)21-12-20-4/h1-2H3;5-12H,13H2,1-4H3;4-11,22H,1-3H3;5-11H,12H2,1-4H3. The Labute approximate surface area is 590 Å². The summed E-state index contributed by atoms with van der Waals surface area (Å²) < 4.78 is 24.6. The number of aromatic nitrogens is 2. The third-order valence-electron chi connectivity index (χ3n) is 12.6. The van der Waals surface area contributed by atoms with E-state index in [1.165, 1.54) is 28.0 Å². The normalized spacial score (nSPS) is 9.62. The topological polar surface area (TPSA) is 82.9 Å². The average Bonchev–Trinajstić information content (AvgIpc) is 1.17. The van der Waals surface area contributed by atoms with E-state index in [0.717, 1.165) is 79.7 Å². The maximum absolute atomic E-state index is 10.8. The first-order valence-electron chi connectivity index (χ1n) is 29.0. The third-order valence-corrected chi connectivity index (χ3v) is 16.3. The molecule has 0 radical (unpaired) electrons. The molecule has 0 saturated carbocycles. The summed E-state index contributed by atoms with van der Waals surface area (Å²) in [6, 6.07) is 43.4. The molecule has 12 heteroatoms. The maximum atomic E-state index is 10.8. The minimum atomic E-state index is -0.0134. The smallest absolute Gasteiger partial charge is 0.188 e. The van der Waals surface area contributed by atoms with E-state index in [1.54, 1.807) is 39.4 Å². The molecule has 8 rings (SSSR count). The summed E-state index contributed by atoms with van der Waals surface area (Å²) in [4.78, 5) is 9.10. The van der Waals surface area contributed by atoms with Crippen molar-refractivity contribution < 1.29 is 24.1 Å². The Morgan fingerprint density at radius 3 is 1.00 bits per heavy atom. The SMILES string of the molecule is CC#CC#CC#CC#CC#CC#CC#CC#CC#CC#CC#CC.CC(C)(C)c1cc(-c2ccccc2)c(O)c(-c2nc(Br)cs2)c1.COCOc1c(-c2ccccc2)cc(C(C)(C)C)cc1-c1nc(Br)cs1.COCOc1c(Br)cc(C(C)(C)C)cc1-c1ccccc1. The van der Waals surface area contributed by atoms with Crippen LogP contribution in [0.5, 0.6) is 17.2 Å². The Morgan fingerprint density at radius 1 is 0.383 bits per heavy atom. The number of nitrogens with zero attached hydrogens (tertiary/aromatic N) is 2. The number of phenolic OH excluding ortho intramolecular Hbond substituents is 1. The second kappa shape index (κ2) is 39.1. The lowest BCUT2D eigenvalue weighted by Crippen LogP contribution is -2.12. The number of phenols is 1. The fourth-order valence-electron chi connectivity index (χ4n) is 7.96. The Hall–Kier alpha value is -9.50. The monoisotopic (exact) mass is 1460 g/mol. The van der Waals surface area contributed by atoms with E-state index < -0.39 is 0 Å². The summed E-state index contributed by atoms with van der Waals surface area (Å²) in [6.07, 6.45) is 0. The zero-order valence-corrected chi connectivity index (χ0v) is 61.0. The van der Waals surface area contributed by atoms with E-state index in [2.05, 4.69) is 305 Å². The number of methoxy groups -OCH3 is 2. The highest BCUT2D eigenvalue weighted by Gasteiger charge is 2.25. The molecule has 0 aliphatic heterocycles. The van der Waals surface area contributed by atoms with Gasteiger partial charge in [0, 0.05) is 65.4 Å². The van der Waals surface area contributed by atoms with Gasteiger partial charge in [0.1, 0.15) is 36.5 Å². The molecule has 0 spiro atoms. The van der Waals surface area contributed by atoms with Gasteiger partial charge in [-0.05, 0) is 242 Å². The quantitative estimate of drug-likeness (QED) is 0.102. The summed E-state index contributed by atoms with van der Waals surface area (Å²) in [5, 5.41) is 16.5. The van der Waals surface area contributed by atoms with E-state index in [9.17, 15) is 5.11 Å². The molecule has 7 nitrogen and oxygen atoms in total. The van der Waals surface area contributed by atoms with Crippen LogP contribution in [0.4, 0.5) is 0 Å². The van der Waals surface area contributed by atoms with Crippen molar-refractivity contribution in [3.05, 3.63) is 169 Å². The van der Waals surface area contributed by atoms with Gasteiger partial charge >= 0.3 is 0 Å². The summed E-state index contributed by atoms with van der Waals surface area (Å²) >= 11 is 13.6. The molecule has 8 aromatic rings. The van der Waals surface area contributed by atoms with Gasteiger partial charge in [-0.1, -0.05) is 165 Å². The van der Waals surface area contributed by atoms with Crippen molar-refractivity contribution >= 4 is 70.5 Å². The molecule has 2 heterocycles. The lowest BCUT2D eigenvalue weighted by Gasteiger charge is -2.23. The highest BCUT2D eigenvalue weighted by molar-refractivity contribution is 9.11. The molecule has 468 valence electrons. The van der Waals surface area contributed by atoms with E-state index >= 15 is 0 Å². The molecular formula is C82H67Br3N2O5S2. The first-order chi connectivity index (χ1) is 45.1. The van der Waals surface area contributed by atoms with E-state index in [1.807, 2.05) is 83.6 Å². The van der Waals surface area contributed by atoms with Crippen LogP contribution in [0.2, 0.25) is 0 Å². The van der Waals surface area contributed by atoms with E-state index in [-0.39, 0.29) is 35.6 Å². The number of halogens is 3. The van der Waals surface area contributed by atoms with Crippen molar-refractivity contribution in [2.75, 3.05) is 27.8 Å². The number of ether oxygens (including phenoxy) is 4.